The number of nitrogens with zero attached hydrogens (tertiary/aromatic N) is 3. The van der Waals surface area contributed by atoms with Crippen LogP contribution in [-0.4, -0.2) is 23.1 Å². The van der Waals surface area contributed by atoms with Crippen molar-refractivity contribution in [3.05, 3.63) is 58.5 Å². The highest BCUT2D eigenvalue weighted by Crippen LogP contribution is 2.20. The van der Waals surface area contributed by atoms with Gasteiger partial charge in [-0.25, -0.2) is 9.37 Å². The third-order valence-corrected chi connectivity index (χ3v) is 3.11. The van der Waals surface area contributed by atoms with Crippen molar-refractivity contribution in [2.45, 2.75) is 6.54 Å². The summed E-state index contributed by atoms with van der Waals surface area (Å²) in [5.74, 6) is -0.263. The van der Waals surface area contributed by atoms with Gasteiger partial charge >= 0.3 is 0 Å². The molecule has 110 valence electrons. The predicted octanol–water partition coefficient (Wildman–Crippen LogP) is 2.61. The van der Waals surface area contributed by atoms with Crippen molar-refractivity contribution in [3.63, 3.8) is 0 Å². The molecule has 3 N–H and O–H groups in total. The Balaban J connectivity index is 2.21. The molecular weight excluding hydrogens is 295 g/mol. The SMILES string of the molecule is CN(Cc1cccc(C(N)=NO)c1)c1ncc(Cl)cc1F. The van der Waals surface area contributed by atoms with Gasteiger partial charge in [0.1, 0.15) is 0 Å². The van der Waals surface area contributed by atoms with E-state index in [1.165, 1.54) is 12.3 Å². The number of hydrogen-bond donors (Lipinski definition) is 2. The third kappa shape index (κ3) is 3.61. The van der Waals surface area contributed by atoms with E-state index in [1.54, 1.807) is 30.1 Å². The van der Waals surface area contributed by atoms with E-state index in [9.17, 15) is 4.39 Å². The average Bonchev–Trinajstić information content (AvgIpc) is 2.46. The Bertz CT molecular complexity index is 678. The Morgan fingerprint density at radius 3 is 2.90 bits per heavy atom. The van der Waals surface area contributed by atoms with Gasteiger partial charge < -0.3 is 15.8 Å². The van der Waals surface area contributed by atoms with Gasteiger partial charge in [0.2, 0.25) is 0 Å². The summed E-state index contributed by atoms with van der Waals surface area (Å²) in [5, 5.41) is 11.9. The molecule has 0 atom stereocenters. The zero-order valence-corrected chi connectivity index (χ0v) is 12.0. The molecule has 0 saturated carbocycles. The van der Waals surface area contributed by atoms with Gasteiger partial charge in [0.25, 0.3) is 0 Å². The van der Waals surface area contributed by atoms with Gasteiger partial charge in [-0.05, 0) is 17.7 Å². The van der Waals surface area contributed by atoms with Crippen molar-refractivity contribution in [2.24, 2.45) is 10.9 Å². The van der Waals surface area contributed by atoms with Crippen molar-refractivity contribution in [1.82, 2.24) is 4.98 Å². The molecule has 0 saturated heterocycles. The lowest BCUT2D eigenvalue weighted by Gasteiger charge is -2.19. The van der Waals surface area contributed by atoms with Crippen molar-refractivity contribution in [3.8, 4) is 0 Å². The highest BCUT2D eigenvalue weighted by molar-refractivity contribution is 6.30. The van der Waals surface area contributed by atoms with E-state index in [0.717, 1.165) is 5.56 Å². The number of nitrogens with two attached hydrogens (primary N) is 1. The molecule has 1 aromatic carbocycles. The van der Waals surface area contributed by atoms with Crippen LogP contribution < -0.4 is 10.6 Å². The quantitative estimate of drug-likeness (QED) is 0.394. The number of oxime groups is 1. The molecule has 1 heterocycles. The monoisotopic (exact) mass is 308 g/mol. The maximum atomic E-state index is 13.8. The Kier molecular flexibility index (Phi) is 4.59. The Hall–Kier alpha value is -2.34. The molecule has 0 radical (unpaired) electrons. The zero-order chi connectivity index (χ0) is 15.4. The maximum Gasteiger partial charge on any atom is 0.170 e. The molecule has 0 unspecified atom stereocenters. The molecule has 0 spiro atoms. The number of pyridine rings is 1. The molecule has 0 aliphatic rings. The Labute approximate surface area is 126 Å². The lowest BCUT2D eigenvalue weighted by molar-refractivity contribution is 0.318. The van der Waals surface area contributed by atoms with Crippen LogP contribution in [0.5, 0.6) is 0 Å². The fraction of sp³-hybridized carbons (Fsp3) is 0.143. The van der Waals surface area contributed by atoms with Gasteiger partial charge in [-0.1, -0.05) is 35.0 Å². The third-order valence-electron chi connectivity index (χ3n) is 2.90. The predicted molar refractivity (Wildman–Crippen MR) is 80.3 cm³/mol. The van der Waals surface area contributed by atoms with E-state index in [2.05, 4.69) is 10.1 Å². The van der Waals surface area contributed by atoms with Crippen LogP contribution in [0.1, 0.15) is 11.1 Å². The lowest BCUT2D eigenvalue weighted by atomic mass is 10.1. The summed E-state index contributed by atoms with van der Waals surface area (Å²) in [5.41, 5.74) is 7.01. The van der Waals surface area contributed by atoms with Crippen LogP contribution in [0.15, 0.2) is 41.7 Å². The molecule has 5 nitrogen and oxygen atoms in total. The minimum Gasteiger partial charge on any atom is -0.409 e. The highest BCUT2D eigenvalue weighted by Gasteiger charge is 2.11. The van der Waals surface area contributed by atoms with Crippen LogP contribution in [0.4, 0.5) is 10.2 Å². The summed E-state index contributed by atoms with van der Waals surface area (Å²) in [4.78, 5) is 5.63. The Morgan fingerprint density at radius 2 is 2.24 bits per heavy atom. The Morgan fingerprint density at radius 1 is 1.48 bits per heavy atom. The van der Waals surface area contributed by atoms with Crippen molar-refractivity contribution < 1.29 is 9.60 Å². The minimum atomic E-state index is -0.488. The topological polar surface area (TPSA) is 74.7 Å². The summed E-state index contributed by atoms with van der Waals surface area (Å²) < 4.78 is 13.8. The molecular formula is C14H14ClFN4O. The van der Waals surface area contributed by atoms with E-state index in [1.807, 2.05) is 6.07 Å². The second-order valence-corrected chi connectivity index (χ2v) is 4.94. The number of rotatable bonds is 4. The van der Waals surface area contributed by atoms with E-state index in [-0.39, 0.29) is 16.7 Å². The minimum absolute atomic E-state index is 0.0234. The molecule has 2 aromatic rings. The van der Waals surface area contributed by atoms with Crippen molar-refractivity contribution >= 4 is 23.3 Å². The summed E-state index contributed by atoms with van der Waals surface area (Å²) >= 11 is 5.68. The van der Waals surface area contributed by atoms with E-state index >= 15 is 0 Å². The zero-order valence-electron chi connectivity index (χ0n) is 11.3. The van der Waals surface area contributed by atoms with Gasteiger partial charge in [0.05, 0.1) is 5.02 Å². The number of anilines is 1. The second kappa shape index (κ2) is 6.41. The number of amidine groups is 1. The molecule has 0 aliphatic carbocycles. The molecule has 7 heteroatoms. The van der Waals surface area contributed by atoms with Crippen molar-refractivity contribution in [2.75, 3.05) is 11.9 Å². The van der Waals surface area contributed by atoms with E-state index < -0.39 is 5.82 Å². The van der Waals surface area contributed by atoms with E-state index in [4.69, 9.17) is 22.5 Å². The van der Waals surface area contributed by atoms with Gasteiger partial charge in [-0.2, -0.15) is 0 Å². The van der Waals surface area contributed by atoms with Crippen LogP contribution in [0.3, 0.4) is 0 Å². The summed E-state index contributed by atoms with van der Waals surface area (Å²) in [6.07, 6.45) is 1.39. The van der Waals surface area contributed by atoms with Gasteiger partial charge in [0.15, 0.2) is 17.5 Å². The maximum absolute atomic E-state index is 13.8. The first kappa shape index (κ1) is 15.1. The lowest BCUT2D eigenvalue weighted by Crippen LogP contribution is -2.20. The van der Waals surface area contributed by atoms with Gasteiger partial charge in [-0.3, -0.25) is 0 Å². The molecule has 0 amide bonds. The average molecular weight is 309 g/mol. The number of hydrogen-bond acceptors (Lipinski definition) is 4. The van der Waals surface area contributed by atoms with Crippen LogP contribution in [0, 0.1) is 5.82 Å². The van der Waals surface area contributed by atoms with Crippen LogP contribution >= 0.6 is 11.6 Å². The molecule has 0 fully saturated rings. The summed E-state index contributed by atoms with van der Waals surface area (Å²) in [6, 6.07) is 8.34. The first-order valence-electron chi connectivity index (χ1n) is 6.10. The molecule has 0 aliphatic heterocycles. The van der Waals surface area contributed by atoms with Gasteiger partial charge in [-0.15, -0.1) is 0 Å². The fourth-order valence-electron chi connectivity index (χ4n) is 1.92. The smallest absolute Gasteiger partial charge is 0.170 e. The second-order valence-electron chi connectivity index (χ2n) is 4.50. The highest BCUT2D eigenvalue weighted by atomic mass is 35.5. The van der Waals surface area contributed by atoms with Gasteiger partial charge in [0, 0.05) is 25.4 Å². The number of aromatic nitrogens is 1. The first-order valence-corrected chi connectivity index (χ1v) is 6.48. The largest absolute Gasteiger partial charge is 0.409 e. The first-order chi connectivity index (χ1) is 10.0. The summed E-state index contributed by atoms with van der Waals surface area (Å²) in [6.45, 7) is 0.415. The molecule has 2 rings (SSSR count). The fourth-order valence-corrected chi connectivity index (χ4v) is 2.07. The normalized spacial score (nSPS) is 11.5. The number of halogens is 2. The van der Waals surface area contributed by atoms with Crippen LogP contribution in [0.25, 0.3) is 0 Å². The molecule has 0 bridgehead atoms. The molecule has 21 heavy (non-hydrogen) atoms. The molecule has 1 aromatic heterocycles. The van der Waals surface area contributed by atoms with Crippen LogP contribution in [0.2, 0.25) is 5.02 Å². The van der Waals surface area contributed by atoms with Crippen LogP contribution in [-0.2, 0) is 6.54 Å². The standard InChI is InChI=1S/C14H14ClFN4O/c1-20(14-12(16)6-11(15)7-18-14)8-9-3-2-4-10(5-9)13(17)19-21/h2-7,21H,8H2,1H3,(H2,17,19). The number of benzene rings is 1. The summed E-state index contributed by atoms with van der Waals surface area (Å²) in [7, 11) is 1.72. The van der Waals surface area contributed by atoms with Crippen molar-refractivity contribution in [1.29, 1.82) is 0 Å². The van der Waals surface area contributed by atoms with E-state index in [0.29, 0.717) is 12.1 Å².